The Balaban J connectivity index is 2.33. The van der Waals surface area contributed by atoms with Gasteiger partial charge in [-0.25, -0.2) is 0 Å². The van der Waals surface area contributed by atoms with Gasteiger partial charge in [-0.2, -0.15) is 0 Å². The molecule has 0 radical (unpaired) electrons. The average Bonchev–Trinajstić information content (AvgIpc) is 2.17. The fraction of sp³-hybridized carbons (Fsp3) is 0.182. The van der Waals surface area contributed by atoms with Crippen LogP contribution in [0.3, 0.4) is 0 Å². The molecule has 0 unspecified atom stereocenters. The third-order valence-electron chi connectivity index (χ3n) is 2.25. The van der Waals surface area contributed by atoms with Gasteiger partial charge in [0.1, 0.15) is 0 Å². The minimum atomic E-state index is 0.141. The van der Waals surface area contributed by atoms with Crippen molar-refractivity contribution in [3.63, 3.8) is 0 Å². The number of para-hydroxylation sites is 1. The van der Waals surface area contributed by atoms with Crippen molar-refractivity contribution in [3.8, 4) is 0 Å². The van der Waals surface area contributed by atoms with Crippen LogP contribution in [0.15, 0.2) is 36.0 Å². The first-order valence-corrected chi connectivity index (χ1v) is 4.32. The molecule has 0 atom stereocenters. The molecular formula is C11H11NO. The first kappa shape index (κ1) is 8.05. The molecule has 0 saturated heterocycles. The smallest absolute Gasteiger partial charge is 0.157 e. The lowest BCUT2D eigenvalue weighted by molar-refractivity contribution is -0.113. The van der Waals surface area contributed by atoms with Gasteiger partial charge in [0.15, 0.2) is 5.78 Å². The first-order valence-electron chi connectivity index (χ1n) is 4.32. The molecule has 0 saturated carbocycles. The quantitative estimate of drug-likeness (QED) is 0.704. The van der Waals surface area contributed by atoms with E-state index < -0.39 is 0 Å². The largest absolute Gasteiger partial charge is 0.361 e. The molecule has 0 amide bonds. The molecule has 1 heterocycles. The van der Waals surface area contributed by atoms with Crippen molar-refractivity contribution in [3.05, 3.63) is 41.6 Å². The van der Waals surface area contributed by atoms with Crippen LogP contribution in [0.1, 0.15) is 12.5 Å². The van der Waals surface area contributed by atoms with Gasteiger partial charge < -0.3 is 5.32 Å². The highest BCUT2D eigenvalue weighted by atomic mass is 16.1. The third-order valence-corrected chi connectivity index (χ3v) is 2.25. The lowest BCUT2D eigenvalue weighted by Gasteiger charge is -2.16. The number of ketones is 1. The number of hydrogen-bond acceptors (Lipinski definition) is 2. The summed E-state index contributed by atoms with van der Waals surface area (Å²) in [5, 5.41) is 3.11. The molecule has 13 heavy (non-hydrogen) atoms. The zero-order valence-electron chi connectivity index (χ0n) is 7.50. The van der Waals surface area contributed by atoms with Crippen LogP contribution >= 0.6 is 0 Å². The van der Waals surface area contributed by atoms with Crippen molar-refractivity contribution >= 4 is 11.5 Å². The van der Waals surface area contributed by atoms with Gasteiger partial charge in [-0.1, -0.05) is 18.2 Å². The molecule has 0 bridgehead atoms. The molecule has 1 N–H and O–H groups in total. The average molecular weight is 173 g/mol. The molecule has 2 heteroatoms. The second-order valence-electron chi connectivity index (χ2n) is 3.20. The van der Waals surface area contributed by atoms with E-state index in [0.29, 0.717) is 0 Å². The fourth-order valence-corrected chi connectivity index (χ4v) is 1.46. The van der Waals surface area contributed by atoms with E-state index in [1.165, 1.54) is 5.56 Å². The number of hydrogen-bond donors (Lipinski definition) is 1. The Morgan fingerprint density at radius 1 is 1.38 bits per heavy atom. The molecule has 0 fully saturated rings. The zero-order chi connectivity index (χ0) is 9.26. The summed E-state index contributed by atoms with van der Waals surface area (Å²) in [6.45, 7) is 1.60. The third kappa shape index (κ3) is 1.47. The highest BCUT2D eigenvalue weighted by Gasteiger charge is 2.12. The number of benzene rings is 1. The molecule has 1 aromatic carbocycles. The summed E-state index contributed by atoms with van der Waals surface area (Å²) in [4.78, 5) is 11.1. The lowest BCUT2D eigenvalue weighted by Crippen LogP contribution is -2.10. The van der Waals surface area contributed by atoms with Crippen molar-refractivity contribution in [1.82, 2.24) is 0 Å². The normalized spacial score (nSPS) is 14.1. The maximum atomic E-state index is 11.1. The van der Waals surface area contributed by atoms with Gasteiger partial charge in [0.05, 0.1) is 0 Å². The minimum Gasteiger partial charge on any atom is -0.361 e. The highest BCUT2D eigenvalue weighted by molar-refractivity contribution is 5.95. The van der Waals surface area contributed by atoms with Crippen LogP contribution in [-0.4, -0.2) is 5.78 Å². The predicted octanol–water partition coefficient (Wildman–Crippen LogP) is 2.13. The van der Waals surface area contributed by atoms with E-state index in [1.807, 2.05) is 24.3 Å². The van der Waals surface area contributed by atoms with Gasteiger partial charge >= 0.3 is 0 Å². The Morgan fingerprint density at radius 2 is 2.15 bits per heavy atom. The number of anilines is 1. The number of nitrogens with one attached hydrogen (secondary N) is 1. The predicted molar refractivity (Wildman–Crippen MR) is 52.5 cm³/mol. The van der Waals surface area contributed by atoms with Crippen molar-refractivity contribution in [2.45, 2.75) is 13.3 Å². The second kappa shape index (κ2) is 3.05. The molecule has 66 valence electrons. The van der Waals surface area contributed by atoms with Gasteiger partial charge in [-0.05, 0) is 18.6 Å². The standard InChI is InChI=1S/C11H11NO/c1-8(13)10-6-9-4-2-3-5-11(9)12-7-10/h2-5,7,12H,6H2,1H3. The van der Waals surface area contributed by atoms with Crippen LogP contribution < -0.4 is 5.32 Å². The number of carbonyl (C=O) groups excluding carboxylic acids is 1. The van der Waals surface area contributed by atoms with Gasteiger partial charge in [0.2, 0.25) is 0 Å². The summed E-state index contributed by atoms with van der Waals surface area (Å²) < 4.78 is 0. The Labute approximate surface area is 77.3 Å². The molecule has 0 aromatic heterocycles. The number of Topliss-reactive ketones (excluding diaryl/α,β-unsaturated/α-hetero) is 1. The van der Waals surface area contributed by atoms with Crippen LogP contribution in [0.25, 0.3) is 0 Å². The number of carbonyl (C=O) groups is 1. The summed E-state index contributed by atoms with van der Waals surface area (Å²) in [7, 11) is 0. The molecule has 1 aliphatic rings. The summed E-state index contributed by atoms with van der Waals surface area (Å²) in [6, 6.07) is 8.03. The summed E-state index contributed by atoms with van der Waals surface area (Å²) >= 11 is 0. The maximum Gasteiger partial charge on any atom is 0.157 e. The van der Waals surface area contributed by atoms with E-state index in [-0.39, 0.29) is 5.78 Å². The topological polar surface area (TPSA) is 29.1 Å². The van der Waals surface area contributed by atoms with Gasteiger partial charge in [0.25, 0.3) is 0 Å². The molecule has 0 aliphatic carbocycles. The van der Waals surface area contributed by atoms with Crippen LogP contribution in [0.5, 0.6) is 0 Å². The molecule has 2 rings (SSSR count). The van der Waals surface area contributed by atoms with Crippen molar-refractivity contribution < 1.29 is 4.79 Å². The van der Waals surface area contributed by atoms with E-state index in [0.717, 1.165) is 17.7 Å². The number of allylic oxidation sites excluding steroid dienone is 1. The van der Waals surface area contributed by atoms with Crippen molar-refractivity contribution in [2.75, 3.05) is 5.32 Å². The summed E-state index contributed by atoms with van der Waals surface area (Å²) in [5.41, 5.74) is 3.14. The minimum absolute atomic E-state index is 0.141. The number of fused-ring (bicyclic) bond motifs is 1. The van der Waals surface area contributed by atoms with Crippen molar-refractivity contribution in [1.29, 1.82) is 0 Å². The van der Waals surface area contributed by atoms with E-state index in [2.05, 4.69) is 5.32 Å². The molecule has 0 spiro atoms. The van der Waals surface area contributed by atoms with Gasteiger partial charge in [-0.15, -0.1) is 0 Å². The Morgan fingerprint density at radius 3 is 2.92 bits per heavy atom. The van der Waals surface area contributed by atoms with Gasteiger partial charge in [0, 0.05) is 23.9 Å². The van der Waals surface area contributed by atoms with Crippen LogP contribution in [-0.2, 0) is 11.2 Å². The molecular weight excluding hydrogens is 162 g/mol. The first-order chi connectivity index (χ1) is 6.27. The van der Waals surface area contributed by atoms with E-state index in [4.69, 9.17) is 0 Å². The Hall–Kier alpha value is -1.57. The molecule has 1 aromatic rings. The van der Waals surface area contributed by atoms with Crippen LogP contribution in [0.2, 0.25) is 0 Å². The van der Waals surface area contributed by atoms with E-state index >= 15 is 0 Å². The lowest BCUT2D eigenvalue weighted by atomic mass is 9.99. The molecule has 1 aliphatic heterocycles. The van der Waals surface area contributed by atoms with E-state index in [9.17, 15) is 4.79 Å². The Kier molecular flexibility index (Phi) is 1.89. The van der Waals surface area contributed by atoms with Crippen LogP contribution in [0, 0.1) is 0 Å². The van der Waals surface area contributed by atoms with Crippen molar-refractivity contribution in [2.24, 2.45) is 0 Å². The van der Waals surface area contributed by atoms with Crippen LogP contribution in [0.4, 0.5) is 5.69 Å². The number of rotatable bonds is 1. The maximum absolute atomic E-state index is 11.1. The fourth-order valence-electron chi connectivity index (χ4n) is 1.46. The Bertz CT molecular complexity index is 379. The monoisotopic (exact) mass is 173 g/mol. The second-order valence-corrected chi connectivity index (χ2v) is 3.20. The highest BCUT2D eigenvalue weighted by Crippen LogP contribution is 2.23. The summed E-state index contributed by atoms with van der Waals surface area (Å²) in [6.07, 6.45) is 2.54. The SMILES string of the molecule is CC(=O)C1=CNc2ccccc2C1. The zero-order valence-corrected chi connectivity index (χ0v) is 7.50. The summed E-state index contributed by atoms with van der Waals surface area (Å²) in [5.74, 6) is 0.141. The molecule has 2 nitrogen and oxygen atoms in total. The van der Waals surface area contributed by atoms with Gasteiger partial charge in [-0.3, -0.25) is 4.79 Å². The van der Waals surface area contributed by atoms with E-state index in [1.54, 1.807) is 13.1 Å².